The lowest BCUT2D eigenvalue weighted by atomic mass is 10.0. The normalized spacial score (nSPS) is 12.4. The van der Waals surface area contributed by atoms with Crippen molar-refractivity contribution in [2.75, 3.05) is 12.9 Å². The van der Waals surface area contributed by atoms with Gasteiger partial charge in [0.15, 0.2) is 0 Å². The van der Waals surface area contributed by atoms with Crippen LogP contribution in [0.15, 0.2) is 83.8 Å². The highest BCUT2D eigenvalue weighted by atomic mass is 32.2. The Bertz CT molecular complexity index is 1130. The zero-order valence-electron chi connectivity index (χ0n) is 22.3. The molecule has 0 radical (unpaired) electrons. The van der Waals surface area contributed by atoms with Crippen molar-refractivity contribution in [2.24, 2.45) is 0 Å². The van der Waals surface area contributed by atoms with Gasteiger partial charge in [-0.25, -0.2) is 0 Å². The Balaban J connectivity index is 1.86. The van der Waals surface area contributed by atoms with Crippen molar-refractivity contribution in [1.29, 1.82) is 0 Å². The van der Waals surface area contributed by atoms with Gasteiger partial charge in [0.05, 0.1) is 7.11 Å². The highest BCUT2D eigenvalue weighted by Crippen LogP contribution is 2.22. The van der Waals surface area contributed by atoms with E-state index in [0.717, 1.165) is 28.2 Å². The molecule has 37 heavy (non-hydrogen) atoms. The number of thioether (sulfide) groups is 1. The molecule has 0 aromatic heterocycles. The van der Waals surface area contributed by atoms with Crippen molar-refractivity contribution in [3.63, 3.8) is 0 Å². The molecule has 5 nitrogen and oxygen atoms in total. The summed E-state index contributed by atoms with van der Waals surface area (Å²) in [7, 11) is 1.63. The predicted octanol–water partition coefficient (Wildman–Crippen LogP) is 6.04. The largest absolute Gasteiger partial charge is 0.497 e. The molecule has 0 fully saturated rings. The molecule has 196 valence electrons. The van der Waals surface area contributed by atoms with Gasteiger partial charge in [-0.05, 0) is 55.7 Å². The summed E-state index contributed by atoms with van der Waals surface area (Å²) in [6, 6.07) is 25.3. The van der Waals surface area contributed by atoms with Crippen molar-refractivity contribution < 1.29 is 14.3 Å². The molecule has 0 unspecified atom stereocenters. The maximum Gasteiger partial charge on any atom is 0.243 e. The Morgan fingerprint density at radius 2 is 1.68 bits per heavy atom. The summed E-state index contributed by atoms with van der Waals surface area (Å²) < 4.78 is 5.40. The topological polar surface area (TPSA) is 58.6 Å². The van der Waals surface area contributed by atoms with Gasteiger partial charge in [-0.3, -0.25) is 9.59 Å². The molecular weight excluding hydrogens is 480 g/mol. The fourth-order valence-electron chi connectivity index (χ4n) is 4.00. The second-order valence-corrected chi connectivity index (χ2v) is 10.5. The number of carbonyl (C=O) groups excluding carboxylic acids is 2. The smallest absolute Gasteiger partial charge is 0.243 e. The fraction of sp³-hybridized carbons (Fsp3) is 0.355. The molecule has 0 bridgehead atoms. The molecule has 0 saturated heterocycles. The monoisotopic (exact) mass is 518 g/mol. The molecule has 3 aromatic carbocycles. The van der Waals surface area contributed by atoms with E-state index in [1.807, 2.05) is 68.4 Å². The molecule has 0 heterocycles. The van der Waals surface area contributed by atoms with Crippen LogP contribution in [0.5, 0.6) is 5.75 Å². The lowest BCUT2D eigenvalue weighted by Gasteiger charge is -2.32. The summed E-state index contributed by atoms with van der Waals surface area (Å²) >= 11 is 1.66. The van der Waals surface area contributed by atoms with E-state index in [2.05, 4.69) is 36.5 Å². The van der Waals surface area contributed by atoms with Crippen LogP contribution in [0.4, 0.5) is 0 Å². The summed E-state index contributed by atoms with van der Waals surface area (Å²) in [5.74, 6) is 1.20. The average molecular weight is 519 g/mol. The average Bonchev–Trinajstić information content (AvgIpc) is 2.92. The zero-order chi connectivity index (χ0) is 26.6. The Morgan fingerprint density at radius 3 is 2.35 bits per heavy atom. The number of hydrogen-bond donors (Lipinski definition) is 1. The molecule has 0 saturated carbocycles. The van der Waals surface area contributed by atoms with Crippen molar-refractivity contribution >= 4 is 23.6 Å². The molecule has 2 atom stereocenters. The first kappa shape index (κ1) is 28.3. The number of ether oxygens (including phenoxy) is 1. The first-order chi connectivity index (χ1) is 17.9. The van der Waals surface area contributed by atoms with Crippen molar-refractivity contribution in [2.45, 2.75) is 63.6 Å². The summed E-state index contributed by atoms with van der Waals surface area (Å²) in [4.78, 5) is 30.2. The highest BCUT2D eigenvalue weighted by molar-refractivity contribution is 7.99. The van der Waals surface area contributed by atoms with Gasteiger partial charge in [-0.2, -0.15) is 0 Å². The lowest BCUT2D eigenvalue weighted by Crippen LogP contribution is -2.52. The number of hydrogen-bond acceptors (Lipinski definition) is 4. The van der Waals surface area contributed by atoms with Gasteiger partial charge in [0.25, 0.3) is 0 Å². The first-order valence-corrected chi connectivity index (χ1v) is 13.8. The number of benzene rings is 3. The standard InChI is InChI=1S/C31H38N2O3S/c1-5-24(3)32-31(35)29(21-25-10-7-6-8-11-25)33(22-26-12-9-13-27(20-26)36-4)30(34)18-19-37-28-16-14-23(2)15-17-28/h6-17,20,24,29H,5,18-19,21-22H2,1-4H3,(H,32,35)/t24-,29-/m0/s1. The number of methoxy groups -OCH3 is 1. The quantitative estimate of drug-likeness (QED) is 0.280. The molecule has 3 aromatic rings. The van der Waals surface area contributed by atoms with Crippen LogP contribution in [0.2, 0.25) is 0 Å². The van der Waals surface area contributed by atoms with Crippen LogP contribution in [0.1, 0.15) is 43.4 Å². The van der Waals surface area contributed by atoms with Gasteiger partial charge in [0.1, 0.15) is 11.8 Å². The summed E-state index contributed by atoms with van der Waals surface area (Å²) in [6.45, 7) is 6.42. The lowest BCUT2D eigenvalue weighted by molar-refractivity contribution is -0.141. The molecule has 0 aliphatic carbocycles. The van der Waals surface area contributed by atoms with Gasteiger partial charge in [0.2, 0.25) is 11.8 Å². The molecule has 6 heteroatoms. The van der Waals surface area contributed by atoms with Crippen molar-refractivity contribution in [3.05, 3.63) is 95.6 Å². The summed E-state index contributed by atoms with van der Waals surface area (Å²) in [5, 5.41) is 3.12. The number of rotatable bonds is 13. The van der Waals surface area contributed by atoms with Gasteiger partial charge < -0.3 is 15.0 Å². The first-order valence-electron chi connectivity index (χ1n) is 12.9. The van der Waals surface area contributed by atoms with Crippen LogP contribution in [0.25, 0.3) is 0 Å². The van der Waals surface area contributed by atoms with E-state index in [-0.39, 0.29) is 17.9 Å². The third-order valence-corrected chi connectivity index (χ3v) is 7.38. The van der Waals surface area contributed by atoms with Crippen LogP contribution in [-0.4, -0.2) is 41.7 Å². The molecular formula is C31H38N2O3S. The maximum absolute atomic E-state index is 13.7. The summed E-state index contributed by atoms with van der Waals surface area (Å²) in [6.07, 6.45) is 1.61. The van der Waals surface area contributed by atoms with E-state index >= 15 is 0 Å². The van der Waals surface area contributed by atoms with Crippen LogP contribution in [-0.2, 0) is 22.6 Å². The van der Waals surface area contributed by atoms with E-state index in [0.29, 0.717) is 25.1 Å². The Kier molecular flexibility index (Phi) is 11.1. The Morgan fingerprint density at radius 1 is 0.973 bits per heavy atom. The van der Waals surface area contributed by atoms with Crippen molar-refractivity contribution in [3.8, 4) is 5.75 Å². The summed E-state index contributed by atoms with van der Waals surface area (Å²) in [5.41, 5.74) is 3.15. The second kappa shape index (κ2) is 14.5. The molecule has 0 aliphatic rings. The van der Waals surface area contributed by atoms with Crippen LogP contribution in [0, 0.1) is 6.92 Å². The minimum atomic E-state index is -0.625. The Hall–Kier alpha value is -3.25. The van der Waals surface area contributed by atoms with Crippen molar-refractivity contribution in [1.82, 2.24) is 10.2 Å². The van der Waals surface area contributed by atoms with Crippen LogP contribution in [0.3, 0.4) is 0 Å². The SMILES string of the molecule is CC[C@H](C)NC(=O)[C@H](Cc1ccccc1)N(Cc1cccc(OC)c1)C(=O)CCSc1ccc(C)cc1. The maximum atomic E-state index is 13.7. The number of amides is 2. The number of aryl methyl sites for hydroxylation is 1. The highest BCUT2D eigenvalue weighted by Gasteiger charge is 2.30. The van der Waals surface area contributed by atoms with Gasteiger partial charge in [0, 0.05) is 36.1 Å². The van der Waals surface area contributed by atoms with E-state index in [1.54, 1.807) is 23.8 Å². The molecule has 1 N–H and O–H groups in total. The fourth-order valence-corrected chi connectivity index (χ4v) is 4.84. The van der Waals surface area contributed by atoms with Crippen LogP contribution >= 0.6 is 11.8 Å². The van der Waals surface area contributed by atoms with E-state index in [4.69, 9.17) is 4.74 Å². The van der Waals surface area contributed by atoms with Gasteiger partial charge in [-0.1, -0.05) is 67.1 Å². The van der Waals surface area contributed by atoms with Crippen LogP contribution < -0.4 is 10.1 Å². The number of nitrogens with one attached hydrogen (secondary N) is 1. The van der Waals surface area contributed by atoms with E-state index in [9.17, 15) is 9.59 Å². The predicted molar refractivity (Wildman–Crippen MR) is 152 cm³/mol. The molecule has 0 aliphatic heterocycles. The van der Waals surface area contributed by atoms with Gasteiger partial charge in [-0.15, -0.1) is 11.8 Å². The third kappa shape index (κ3) is 8.97. The second-order valence-electron chi connectivity index (χ2n) is 9.31. The number of carbonyl (C=O) groups is 2. The molecule has 3 rings (SSSR count). The molecule has 2 amide bonds. The Labute approximate surface area is 225 Å². The van der Waals surface area contributed by atoms with E-state index < -0.39 is 6.04 Å². The van der Waals surface area contributed by atoms with E-state index in [1.165, 1.54) is 5.56 Å². The third-order valence-electron chi connectivity index (χ3n) is 6.36. The van der Waals surface area contributed by atoms with Gasteiger partial charge >= 0.3 is 0 Å². The minimum Gasteiger partial charge on any atom is -0.497 e. The molecule has 0 spiro atoms. The minimum absolute atomic E-state index is 0.0247. The number of nitrogens with zero attached hydrogens (tertiary/aromatic N) is 1. The zero-order valence-corrected chi connectivity index (χ0v) is 23.1.